The van der Waals surface area contributed by atoms with Crippen molar-refractivity contribution < 1.29 is 0 Å². The maximum absolute atomic E-state index is 6.06. The molecule has 0 bridgehead atoms. The van der Waals surface area contributed by atoms with Crippen LogP contribution in [0.1, 0.15) is 16.7 Å². The molecule has 58 heavy (non-hydrogen) atoms. The Morgan fingerprint density at radius 1 is 0.448 bits per heavy atom. The molecule has 3 heterocycles. The number of fused-ring (bicyclic) bond motifs is 3. The minimum atomic E-state index is 0.321. The Morgan fingerprint density at radius 2 is 0.828 bits per heavy atom. The standard InChI is InChI=1S/2C15H12Cl2N2.C12H11Br.C3H2Cl2N2/c2*16-14-15(17)19(10-18-14)9-8-12-6-3-5-11-4-1-2-7-13(11)12;13-9-8-11-6-3-5-10-4-1-2-7-12(10)11;4-2-3(5)7-1-6-2/h2*1-7,10H,8-9H2;1-7H,8-9H2;1H,(H,6,7). The van der Waals surface area contributed by atoms with Gasteiger partial charge in [-0.3, -0.25) is 0 Å². The van der Waals surface area contributed by atoms with E-state index in [9.17, 15) is 0 Å². The van der Waals surface area contributed by atoms with E-state index in [0.29, 0.717) is 30.9 Å². The molecule has 9 aromatic rings. The highest BCUT2D eigenvalue weighted by molar-refractivity contribution is 9.09. The van der Waals surface area contributed by atoms with Crippen LogP contribution in [0.5, 0.6) is 0 Å². The molecule has 0 atom stereocenters. The highest BCUT2D eigenvalue weighted by atomic mass is 79.9. The first kappa shape index (κ1) is 43.5. The summed E-state index contributed by atoms with van der Waals surface area (Å²) in [6.07, 6.45) is 7.68. The lowest BCUT2D eigenvalue weighted by molar-refractivity contribution is 0.699. The van der Waals surface area contributed by atoms with E-state index in [1.54, 1.807) is 12.7 Å². The molecule has 0 unspecified atom stereocenters. The number of H-pyrrole nitrogens is 1. The summed E-state index contributed by atoms with van der Waals surface area (Å²) in [7, 11) is 0. The summed E-state index contributed by atoms with van der Waals surface area (Å²) in [5, 5.41) is 11.3. The number of aryl methyl sites for hydroxylation is 5. The predicted molar refractivity (Wildman–Crippen MR) is 250 cm³/mol. The van der Waals surface area contributed by atoms with Crippen molar-refractivity contribution in [3.8, 4) is 0 Å². The first-order valence-corrected chi connectivity index (χ1v) is 21.6. The Bertz CT molecular complexity index is 2550. The Balaban J connectivity index is 0.000000137. The van der Waals surface area contributed by atoms with E-state index in [2.05, 4.69) is 163 Å². The Labute approximate surface area is 375 Å². The van der Waals surface area contributed by atoms with E-state index in [-0.39, 0.29) is 0 Å². The van der Waals surface area contributed by atoms with Gasteiger partial charge in [0.05, 0.1) is 19.0 Å². The molecule has 0 radical (unpaired) electrons. The molecule has 9 rings (SSSR count). The maximum atomic E-state index is 6.06. The lowest BCUT2D eigenvalue weighted by Gasteiger charge is -2.07. The van der Waals surface area contributed by atoms with Gasteiger partial charge in [0.25, 0.3) is 0 Å². The zero-order valence-electron chi connectivity index (χ0n) is 31.0. The summed E-state index contributed by atoms with van der Waals surface area (Å²) >= 11 is 38.0. The number of alkyl halides is 1. The van der Waals surface area contributed by atoms with Gasteiger partial charge in [0, 0.05) is 18.4 Å². The third kappa shape index (κ3) is 11.6. The molecule has 0 aliphatic heterocycles. The normalized spacial score (nSPS) is 10.7. The zero-order valence-corrected chi connectivity index (χ0v) is 37.1. The van der Waals surface area contributed by atoms with Crippen LogP contribution >= 0.6 is 85.5 Å². The lowest BCUT2D eigenvalue weighted by Crippen LogP contribution is -2.00. The number of benzene rings is 6. The number of nitrogens with zero attached hydrogens (tertiary/aromatic N) is 5. The number of hydrogen-bond acceptors (Lipinski definition) is 3. The average molecular weight is 954 g/mol. The second-order valence-corrected chi connectivity index (χ2v) is 15.9. The van der Waals surface area contributed by atoms with Crippen molar-refractivity contribution in [3.63, 3.8) is 0 Å². The van der Waals surface area contributed by atoms with Crippen molar-refractivity contribution in [2.24, 2.45) is 0 Å². The van der Waals surface area contributed by atoms with Gasteiger partial charge in [-0.05, 0) is 68.3 Å². The highest BCUT2D eigenvalue weighted by Crippen LogP contribution is 2.25. The van der Waals surface area contributed by atoms with E-state index in [1.165, 1.54) is 55.3 Å². The number of nitrogens with one attached hydrogen (secondary N) is 1. The molecule has 0 amide bonds. The van der Waals surface area contributed by atoms with Crippen LogP contribution < -0.4 is 0 Å². The molecule has 0 spiro atoms. The van der Waals surface area contributed by atoms with Crippen LogP contribution in [-0.2, 0) is 32.4 Å². The Morgan fingerprint density at radius 3 is 1.14 bits per heavy atom. The fraction of sp³-hybridized carbons (Fsp3) is 0.133. The van der Waals surface area contributed by atoms with Crippen LogP contribution in [0.15, 0.2) is 146 Å². The van der Waals surface area contributed by atoms with Gasteiger partial charge in [0.15, 0.2) is 15.5 Å². The molecule has 6 aromatic carbocycles. The molecular weight excluding hydrogens is 917 g/mol. The molecular formula is C45H37BrCl6N6. The molecule has 6 nitrogen and oxygen atoms in total. The first-order valence-electron chi connectivity index (χ1n) is 18.3. The molecule has 0 saturated heterocycles. The Kier molecular flexibility index (Phi) is 16.4. The first-order chi connectivity index (χ1) is 28.2. The van der Waals surface area contributed by atoms with Crippen LogP contribution in [0, 0.1) is 0 Å². The third-order valence-electron chi connectivity index (χ3n) is 9.26. The van der Waals surface area contributed by atoms with Crippen molar-refractivity contribution in [2.45, 2.75) is 32.4 Å². The van der Waals surface area contributed by atoms with Gasteiger partial charge >= 0.3 is 0 Å². The van der Waals surface area contributed by atoms with Gasteiger partial charge in [-0.1, -0.05) is 213 Å². The maximum Gasteiger partial charge on any atom is 0.166 e. The van der Waals surface area contributed by atoms with Gasteiger partial charge in [-0.2, -0.15) is 0 Å². The third-order valence-corrected chi connectivity index (χ3v) is 11.9. The van der Waals surface area contributed by atoms with Crippen LogP contribution in [0.2, 0.25) is 30.9 Å². The van der Waals surface area contributed by atoms with Crippen molar-refractivity contribution in [1.29, 1.82) is 0 Å². The van der Waals surface area contributed by atoms with Gasteiger partial charge < -0.3 is 14.1 Å². The van der Waals surface area contributed by atoms with Crippen LogP contribution in [0.4, 0.5) is 0 Å². The van der Waals surface area contributed by atoms with E-state index >= 15 is 0 Å². The molecule has 1 N–H and O–H groups in total. The van der Waals surface area contributed by atoms with Crippen LogP contribution in [0.25, 0.3) is 32.3 Å². The summed E-state index contributed by atoms with van der Waals surface area (Å²) in [6, 6.07) is 44.5. The smallest absolute Gasteiger partial charge is 0.166 e. The fourth-order valence-electron chi connectivity index (χ4n) is 6.37. The van der Waals surface area contributed by atoms with Crippen LogP contribution in [-0.4, -0.2) is 34.4 Å². The number of aromatic nitrogens is 6. The van der Waals surface area contributed by atoms with E-state index in [0.717, 1.165) is 37.7 Å². The molecule has 296 valence electrons. The minimum Gasteiger partial charge on any atom is -0.334 e. The highest BCUT2D eigenvalue weighted by Gasteiger charge is 2.08. The number of imidazole rings is 3. The number of rotatable bonds is 8. The summed E-state index contributed by atoms with van der Waals surface area (Å²) in [5.41, 5.74) is 4.04. The summed E-state index contributed by atoms with van der Waals surface area (Å²) in [4.78, 5) is 14.2. The average Bonchev–Trinajstić information content (AvgIpc) is 3.91. The van der Waals surface area contributed by atoms with E-state index in [1.807, 2.05) is 9.13 Å². The quantitative estimate of drug-likeness (QED) is 0.154. The van der Waals surface area contributed by atoms with Gasteiger partial charge in [0.2, 0.25) is 0 Å². The molecule has 0 aliphatic rings. The van der Waals surface area contributed by atoms with Gasteiger partial charge in [0.1, 0.15) is 15.5 Å². The summed E-state index contributed by atoms with van der Waals surface area (Å²) in [5.74, 6) is 0. The largest absolute Gasteiger partial charge is 0.334 e. The van der Waals surface area contributed by atoms with Gasteiger partial charge in [-0.25, -0.2) is 15.0 Å². The monoisotopic (exact) mass is 950 g/mol. The van der Waals surface area contributed by atoms with Crippen molar-refractivity contribution in [2.75, 3.05) is 5.33 Å². The SMILES string of the molecule is BrCCc1cccc2ccccc12.Clc1nc[nH]c1Cl.Clc1ncn(CCc2cccc3ccccc23)c1Cl.Clc1ncn(CCc2cccc3ccccc23)c1Cl. The molecule has 0 saturated carbocycles. The minimum absolute atomic E-state index is 0.321. The molecule has 3 aromatic heterocycles. The lowest BCUT2D eigenvalue weighted by atomic mass is 10.0. The second-order valence-electron chi connectivity index (χ2n) is 12.9. The number of halogens is 7. The van der Waals surface area contributed by atoms with Crippen molar-refractivity contribution >= 4 is 118 Å². The zero-order chi connectivity index (χ0) is 40.9. The number of hydrogen-bond donors (Lipinski definition) is 1. The fourth-order valence-corrected chi connectivity index (χ4v) is 7.66. The van der Waals surface area contributed by atoms with E-state index in [4.69, 9.17) is 69.6 Å². The Hall–Kier alpha value is -4.05. The van der Waals surface area contributed by atoms with Crippen LogP contribution in [0.3, 0.4) is 0 Å². The summed E-state index contributed by atoms with van der Waals surface area (Å²) < 4.78 is 3.73. The predicted octanol–water partition coefficient (Wildman–Crippen LogP) is 14.7. The van der Waals surface area contributed by atoms with Crippen molar-refractivity contribution in [1.82, 2.24) is 29.1 Å². The molecule has 13 heteroatoms. The van der Waals surface area contributed by atoms with Crippen molar-refractivity contribution in [3.05, 3.63) is 194 Å². The topological polar surface area (TPSA) is 64.3 Å². The number of aromatic amines is 1. The summed E-state index contributed by atoms with van der Waals surface area (Å²) in [6.45, 7) is 1.54. The molecule has 0 aliphatic carbocycles. The van der Waals surface area contributed by atoms with E-state index < -0.39 is 0 Å². The van der Waals surface area contributed by atoms with Gasteiger partial charge in [-0.15, -0.1) is 0 Å². The molecule has 0 fully saturated rings. The second kappa shape index (κ2) is 21.8.